The van der Waals surface area contributed by atoms with Crippen molar-refractivity contribution in [2.24, 2.45) is 5.41 Å². The van der Waals surface area contributed by atoms with Gasteiger partial charge in [-0.25, -0.2) is 4.39 Å². The monoisotopic (exact) mass is 326 g/mol. The van der Waals surface area contributed by atoms with Crippen LogP contribution in [0.15, 0.2) is 65.6 Å². The van der Waals surface area contributed by atoms with Gasteiger partial charge < -0.3 is 4.55 Å². The molecule has 1 nitrogen and oxygen atoms in total. The van der Waals surface area contributed by atoms with Crippen LogP contribution in [-0.4, -0.2) is 10.8 Å². The number of hydrogen-bond acceptors (Lipinski definition) is 1. The van der Waals surface area contributed by atoms with E-state index in [-0.39, 0.29) is 11.2 Å². The van der Waals surface area contributed by atoms with E-state index in [4.69, 9.17) is 0 Å². The smallest absolute Gasteiger partial charge is 0.152 e. The summed E-state index contributed by atoms with van der Waals surface area (Å²) < 4.78 is 24.8. The first kappa shape index (κ1) is 16.0. The molecule has 2 aromatic carbocycles. The van der Waals surface area contributed by atoms with Crippen molar-refractivity contribution in [3.05, 3.63) is 77.6 Å². The summed E-state index contributed by atoms with van der Waals surface area (Å²) in [5.41, 5.74) is 4.29. The maximum atomic E-state index is 13.2. The molecule has 0 bridgehead atoms. The molecule has 1 aliphatic carbocycles. The van der Waals surface area contributed by atoms with Gasteiger partial charge in [0.15, 0.2) is 4.90 Å². The third-order valence-corrected chi connectivity index (χ3v) is 4.91. The van der Waals surface area contributed by atoms with E-state index in [2.05, 4.69) is 26.0 Å². The molecule has 3 rings (SSSR count). The molecule has 0 saturated carbocycles. The molecule has 0 heterocycles. The average Bonchev–Trinajstić information content (AvgIpc) is 2.84. The highest BCUT2D eigenvalue weighted by molar-refractivity contribution is 7.90. The second-order valence-corrected chi connectivity index (χ2v) is 7.80. The molecule has 0 saturated heterocycles. The van der Waals surface area contributed by atoms with Crippen molar-refractivity contribution in [2.75, 3.05) is 6.26 Å². The van der Waals surface area contributed by atoms with Gasteiger partial charge in [-0.2, -0.15) is 0 Å². The highest BCUT2D eigenvalue weighted by Gasteiger charge is 2.25. The van der Waals surface area contributed by atoms with Gasteiger partial charge in [-0.1, -0.05) is 38.1 Å². The van der Waals surface area contributed by atoms with E-state index in [1.165, 1.54) is 12.1 Å². The van der Waals surface area contributed by atoms with E-state index in [9.17, 15) is 8.94 Å². The normalized spacial score (nSPS) is 17.6. The molecule has 0 aliphatic heterocycles. The first-order valence-electron chi connectivity index (χ1n) is 7.52. The van der Waals surface area contributed by atoms with Gasteiger partial charge >= 0.3 is 0 Å². The lowest BCUT2D eigenvalue weighted by molar-refractivity contribution is 0.601. The van der Waals surface area contributed by atoms with Crippen LogP contribution in [0.25, 0.3) is 11.1 Å². The fourth-order valence-corrected chi connectivity index (χ4v) is 3.39. The van der Waals surface area contributed by atoms with Gasteiger partial charge in [0.2, 0.25) is 0 Å². The molecule has 0 fully saturated rings. The van der Waals surface area contributed by atoms with Crippen LogP contribution in [-0.2, 0) is 11.2 Å². The van der Waals surface area contributed by atoms with Gasteiger partial charge in [-0.3, -0.25) is 0 Å². The molecular formula is C20H19FOS. The predicted molar refractivity (Wildman–Crippen MR) is 94.9 cm³/mol. The van der Waals surface area contributed by atoms with Crippen LogP contribution < -0.4 is 0 Å². The van der Waals surface area contributed by atoms with E-state index in [0.29, 0.717) is 0 Å². The third kappa shape index (κ3) is 3.41. The summed E-state index contributed by atoms with van der Waals surface area (Å²) >= 11 is -0.977. The minimum atomic E-state index is -0.977. The topological polar surface area (TPSA) is 23.1 Å². The predicted octanol–water partition coefficient (Wildman–Crippen LogP) is 5.07. The molecular weight excluding hydrogens is 307 g/mol. The van der Waals surface area contributed by atoms with Crippen LogP contribution in [0, 0.1) is 11.2 Å². The quantitative estimate of drug-likeness (QED) is 0.722. The van der Waals surface area contributed by atoms with E-state index in [0.717, 1.165) is 27.2 Å². The van der Waals surface area contributed by atoms with Gasteiger partial charge in [-0.05, 0) is 69.8 Å². The van der Waals surface area contributed by atoms with Crippen molar-refractivity contribution in [1.82, 2.24) is 0 Å². The molecule has 1 atom stereocenters. The van der Waals surface area contributed by atoms with Crippen LogP contribution >= 0.6 is 0 Å². The van der Waals surface area contributed by atoms with E-state index >= 15 is 0 Å². The molecule has 1 unspecified atom stereocenters. The first-order chi connectivity index (χ1) is 10.9. The van der Waals surface area contributed by atoms with E-state index in [1.54, 1.807) is 6.26 Å². The van der Waals surface area contributed by atoms with Gasteiger partial charge in [0.25, 0.3) is 0 Å². The summed E-state index contributed by atoms with van der Waals surface area (Å²) in [6.07, 6.45) is 6.11. The Balaban J connectivity index is 2.02. The number of benzene rings is 2. The number of rotatable bonds is 3. The second kappa shape index (κ2) is 5.99. The molecule has 2 aromatic rings. The lowest BCUT2D eigenvalue weighted by Crippen LogP contribution is -1.98. The molecule has 0 amide bonds. The van der Waals surface area contributed by atoms with E-state index < -0.39 is 11.2 Å². The number of hydrogen-bond donors (Lipinski definition) is 0. The largest absolute Gasteiger partial charge is 0.612 e. The highest BCUT2D eigenvalue weighted by atomic mass is 32.2. The molecule has 23 heavy (non-hydrogen) atoms. The summed E-state index contributed by atoms with van der Waals surface area (Å²) in [6.45, 7) is 4.30. The third-order valence-electron chi connectivity index (χ3n) is 3.98. The van der Waals surface area contributed by atoms with Gasteiger partial charge in [0.1, 0.15) is 12.1 Å². The Morgan fingerprint density at radius 2 is 1.26 bits per heavy atom. The van der Waals surface area contributed by atoms with Gasteiger partial charge in [0.05, 0.1) is 0 Å². The Labute approximate surface area is 139 Å². The Morgan fingerprint density at radius 3 is 1.70 bits per heavy atom. The zero-order valence-corrected chi connectivity index (χ0v) is 14.3. The Kier molecular flexibility index (Phi) is 4.17. The Hall–Kier alpha value is -1.84. The molecule has 3 heteroatoms. The van der Waals surface area contributed by atoms with E-state index in [1.807, 2.05) is 36.4 Å². The number of halogens is 1. The SMILES string of the molecule is C[S+]([O-])c1ccc(C2=CC(C)(C)C=C2c2ccc(F)cc2)cc1. The molecule has 118 valence electrons. The molecule has 0 radical (unpaired) electrons. The lowest BCUT2D eigenvalue weighted by atomic mass is 9.95. The maximum absolute atomic E-state index is 13.2. The molecule has 0 aromatic heterocycles. The minimum Gasteiger partial charge on any atom is -0.612 e. The molecule has 0 N–H and O–H groups in total. The van der Waals surface area contributed by atoms with Crippen molar-refractivity contribution in [3.8, 4) is 0 Å². The van der Waals surface area contributed by atoms with Crippen LogP contribution in [0.4, 0.5) is 4.39 Å². The summed E-state index contributed by atoms with van der Waals surface area (Å²) in [6, 6.07) is 14.4. The fraction of sp³-hybridized carbons (Fsp3) is 0.200. The lowest BCUT2D eigenvalue weighted by Gasteiger charge is -2.11. The van der Waals surface area contributed by atoms with Gasteiger partial charge in [0, 0.05) is 5.41 Å². The van der Waals surface area contributed by atoms with Crippen LogP contribution in [0.2, 0.25) is 0 Å². The van der Waals surface area contributed by atoms with Crippen LogP contribution in [0.5, 0.6) is 0 Å². The van der Waals surface area contributed by atoms with Gasteiger partial charge in [-0.15, -0.1) is 0 Å². The Morgan fingerprint density at radius 1 is 0.826 bits per heavy atom. The van der Waals surface area contributed by atoms with Crippen molar-refractivity contribution < 1.29 is 8.94 Å². The highest BCUT2D eigenvalue weighted by Crippen LogP contribution is 2.43. The minimum absolute atomic E-state index is 0.0503. The molecule has 1 aliphatic rings. The zero-order chi connectivity index (χ0) is 16.6. The standard InChI is InChI=1S/C20H19FOS/c1-20(2)12-18(14-4-8-16(21)9-5-14)19(13-20)15-6-10-17(11-7-15)23(3)22/h4-13H,1-3H3. The van der Waals surface area contributed by atoms with Crippen molar-refractivity contribution in [2.45, 2.75) is 18.7 Å². The summed E-state index contributed by atoms with van der Waals surface area (Å²) in [5.74, 6) is -0.230. The fourth-order valence-electron chi connectivity index (χ4n) is 2.87. The molecule has 0 spiro atoms. The number of allylic oxidation sites excluding steroid dienone is 4. The van der Waals surface area contributed by atoms with Crippen molar-refractivity contribution >= 4 is 22.3 Å². The zero-order valence-electron chi connectivity index (χ0n) is 13.5. The summed E-state index contributed by atoms with van der Waals surface area (Å²) in [5, 5.41) is 0. The second-order valence-electron chi connectivity index (χ2n) is 6.42. The van der Waals surface area contributed by atoms with Crippen molar-refractivity contribution in [1.29, 1.82) is 0 Å². The summed E-state index contributed by atoms with van der Waals surface area (Å²) in [7, 11) is 0. The maximum Gasteiger partial charge on any atom is 0.152 e. The first-order valence-corrected chi connectivity index (χ1v) is 9.07. The van der Waals surface area contributed by atoms with Crippen molar-refractivity contribution in [3.63, 3.8) is 0 Å². The average molecular weight is 326 g/mol. The Bertz CT molecular complexity index is 768. The van der Waals surface area contributed by atoms with Crippen LogP contribution in [0.1, 0.15) is 25.0 Å². The van der Waals surface area contributed by atoms with Crippen LogP contribution in [0.3, 0.4) is 0 Å². The summed E-state index contributed by atoms with van der Waals surface area (Å²) in [4.78, 5) is 0.818.